The lowest BCUT2D eigenvalue weighted by molar-refractivity contribution is 0.0761. The fourth-order valence-electron chi connectivity index (χ4n) is 3.12. The van der Waals surface area contributed by atoms with E-state index in [-0.39, 0.29) is 10.8 Å². The summed E-state index contributed by atoms with van der Waals surface area (Å²) in [6, 6.07) is 12.8. The van der Waals surface area contributed by atoms with E-state index in [1.807, 2.05) is 4.90 Å². The quantitative estimate of drug-likeness (QED) is 0.850. The summed E-state index contributed by atoms with van der Waals surface area (Å²) >= 11 is 0. The van der Waals surface area contributed by atoms with Crippen LogP contribution in [-0.2, 0) is 10.0 Å². The fraction of sp³-hybridized carbons (Fsp3) is 0.350. The zero-order valence-electron chi connectivity index (χ0n) is 15.3. The molecule has 0 saturated carbocycles. The van der Waals surface area contributed by atoms with Gasteiger partial charge in [-0.1, -0.05) is 18.9 Å². The summed E-state index contributed by atoms with van der Waals surface area (Å²) in [6.07, 6.45) is 4.39. The Morgan fingerprint density at radius 1 is 1.00 bits per heavy atom. The third-order valence-corrected chi connectivity index (χ3v) is 6.01. The summed E-state index contributed by atoms with van der Waals surface area (Å²) in [7, 11) is -2.24. The molecule has 1 heterocycles. The summed E-state index contributed by atoms with van der Waals surface area (Å²) in [5.74, 6) is 0.468. The first-order chi connectivity index (χ1) is 13.0. The van der Waals surface area contributed by atoms with Crippen LogP contribution in [0.1, 0.15) is 36.0 Å². The van der Waals surface area contributed by atoms with Crippen LogP contribution in [-0.4, -0.2) is 39.4 Å². The maximum absolute atomic E-state index is 12.6. The van der Waals surface area contributed by atoms with Gasteiger partial charge in [-0.3, -0.25) is 9.52 Å². The maximum Gasteiger partial charge on any atom is 0.262 e. The van der Waals surface area contributed by atoms with Gasteiger partial charge < -0.3 is 9.64 Å². The molecule has 0 aromatic heterocycles. The molecule has 0 aliphatic carbocycles. The van der Waals surface area contributed by atoms with E-state index < -0.39 is 10.0 Å². The van der Waals surface area contributed by atoms with E-state index >= 15 is 0 Å². The lowest BCUT2D eigenvalue weighted by atomic mass is 10.2. The second kappa shape index (κ2) is 8.43. The van der Waals surface area contributed by atoms with E-state index in [1.54, 1.807) is 36.4 Å². The Kier molecular flexibility index (Phi) is 6.01. The molecule has 0 spiro atoms. The van der Waals surface area contributed by atoms with Gasteiger partial charge in [0, 0.05) is 30.4 Å². The van der Waals surface area contributed by atoms with Crippen molar-refractivity contribution >= 4 is 21.6 Å². The molecule has 0 unspecified atom stereocenters. The highest BCUT2D eigenvalue weighted by Gasteiger charge is 2.18. The van der Waals surface area contributed by atoms with Crippen molar-refractivity contribution in [1.29, 1.82) is 0 Å². The predicted octanol–water partition coefficient (Wildman–Crippen LogP) is 3.51. The highest BCUT2D eigenvalue weighted by atomic mass is 32.2. The largest absolute Gasteiger partial charge is 0.497 e. The number of likely N-dealkylation sites (tertiary alicyclic amines) is 1. The molecule has 0 bridgehead atoms. The van der Waals surface area contributed by atoms with E-state index in [9.17, 15) is 13.2 Å². The van der Waals surface area contributed by atoms with Crippen molar-refractivity contribution in [3.8, 4) is 5.75 Å². The van der Waals surface area contributed by atoms with Crippen LogP contribution < -0.4 is 9.46 Å². The van der Waals surface area contributed by atoms with E-state index in [0.29, 0.717) is 17.0 Å². The second-order valence-corrected chi connectivity index (χ2v) is 8.25. The SMILES string of the molecule is COc1cccc(S(=O)(=O)Nc2ccc(C(=O)N3CCCCCC3)cc2)c1. The minimum atomic E-state index is -3.73. The molecular weight excluding hydrogens is 364 g/mol. The molecule has 3 rings (SSSR count). The Bertz CT molecular complexity index is 886. The van der Waals surface area contributed by atoms with Crippen LogP contribution in [0.4, 0.5) is 5.69 Å². The van der Waals surface area contributed by atoms with Crippen LogP contribution in [0.25, 0.3) is 0 Å². The summed E-state index contributed by atoms with van der Waals surface area (Å²) in [4.78, 5) is 14.6. The second-order valence-electron chi connectivity index (χ2n) is 6.57. The van der Waals surface area contributed by atoms with Gasteiger partial charge in [-0.25, -0.2) is 8.42 Å². The number of methoxy groups -OCH3 is 1. The molecule has 1 aliphatic heterocycles. The first-order valence-corrected chi connectivity index (χ1v) is 10.5. The average Bonchev–Trinajstić information content (AvgIpc) is 2.97. The van der Waals surface area contributed by atoms with Gasteiger partial charge in [-0.2, -0.15) is 0 Å². The number of amides is 1. The molecule has 2 aromatic rings. The molecule has 1 fully saturated rings. The summed E-state index contributed by atoms with van der Waals surface area (Å²) in [5.41, 5.74) is 0.978. The molecule has 1 saturated heterocycles. The summed E-state index contributed by atoms with van der Waals surface area (Å²) < 4.78 is 32.7. The summed E-state index contributed by atoms with van der Waals surface area (Å²) in [6.45, 7) is 1.56. The van der Waals surface area contributed by atoms with Crippen molar-refractivity contribution in [3.05, 3.63) is 54.1 Å². The fourth-order valence-corrected chi connectivity index (χ4v) is 4.21. The number of benzene rings is 2. The van der Waals surface area contributed by atoms with Crippen LogP contribution >= 0.6 is 0 Å². The number of nitrogens with one attached hydrogen (secondary N) is 1. The summed E-state index contributed by atoms with van der Waals surface area (Å²) in [5, 5.41) is 0. The Morgan fingerprint density at radius 2 is 1.67 bits per heavy atom. The number of nitrogens with zero attached hydrogens (tertiary/aromatic N) is 1. The van der Waals surface area contributed by atoms with Crippen LogP contribution in [0.2, 0.25) is 0 Å². The molecule has 144 valence electrons. The molecule has 27 heavy (non-hydrogen) atoms. The first kappa shape index (κ1) is 19.2. The Hall–Kier alpha value is -2.54. The maximum atomic E-state index is 12.6. The van der Waals surface area contributed by atoms with Gasteiger partial charge in [0.1, 0.15) is 5.75 Å². The van der Waals surface area contributed by atoms with Crippen LogP contribution in [0, 0.1) is 0 Å². The third-order valence-electron chi connectivity index (χ3n) is 4.63. The molecule has 6 nitrogen and oxygen atoms in total. The van der Waals surface area contributed by atoms with Crippen molar-refractivity contribution in [2.75, 3.05) is 24.9 Å². The molecule has 0 atom stereocenters. The lowest BCUT2D eigenvalue weighted by Crippen LogP contribution is -2.31. The highest BCUT2D eigenvalue weighted by Crippen LogP contribution is 2.21. The molecule has 7 heteroatoms. The number of ether oxygens (including phenoxy) is 1. The normalized spacial score (nSPS) is 15.1. The standard InChI is InChI=1S/C20H24N2O4S/c1-26-18-7-6-8-19(15-18)27(24,25)21-17-11-9-16(10-12-17)20(23)22-13-4-2-3-5-14-22/h6-12,15,21H,2-5,13-14H2,1H3. The van der Waals surface area contributed by atoms with Crippen molar-refractivity contribution in [1.82, 2.24) is 4.90 Å². The van der Waals surface area contributed by atoms with E-state index in [0.717, 1.165) is 38.8 Å². The minimum absolute atomic E-state index is 0.000831. The number of rotatable bonds is 5. The molecular formula is C20H24N2O4S. The third kappa shape index (κ3) is 4.80. The van der Waals surface area contributed by atoms with Gasteiger partial charge in [-0.15, -0.1) is 0 Å². The van der Waals surface area contributed by atoms with Gasteiger partial charge in [0.2, 0.25) is 0 Å². The average molecular weight is 388 g/mol. The monoisotopic (exact) mass is 388 g/mol. The van der Waals surface area contributed by atoms with Gasteiger partial charge in [-0.05, 0) is 49.2 Å². The molecule has 1 aliphatic rings. The van der Waals surface area contributed by atoms with Crippen LogP contribution in [0.3, 0.4) is 0 Å². The van der Waals surface area contributed by atoms with Gasteiger partial charge in [0.05, 0.1) is 12.0 Å². The zero-order valence-corrected chi connectivity index (χ0v) is 16.2. The number of carbonyl (C=O) groups is 1. The van der Waals surface area contributed by atoms with Crippen LogP contribution in [0.5, 0.6) is 5.75 Å². The van der Waals surface area contributed by atoms with E-state index in [4.69, 9.17) is 4.74 Å². The smallest absolute Gasteiger partial charge is 0.262 e. The van der Waals surface area contributed by atoms with E-state index in [1.165, 1.54) is 19.2 Å². The van der Waals surface area contributed by atoms with Crippen LogP contribution in [0.15, 0.2) is 53.4 Å². The number of carbonyl (C=O) groups excluding carboxylic acids is 1. The van der Waals surface area contributed by atoms with Crippen molar-refractivity contribution < 1.29 is 17.9 Å². The number of anilines is 1. The highest BCUT2D eigenvalue weighted by molar-refractivity contribution is 7.92. The minimum Gasteiger partial charge on any atom is -0.497 e. The first-order valence-electron chi connectivity index (χ1n) is 9.06. The topological polar surface area (TPSA) is 75.7 Å². The Balaban J connectivity index is 1.72. The lowest BCUT2D eigenvalue weighted by Gasteiger charge is -2.20. The zero-order chi connectivity index (χ0) is 19.3. The number of hydrogen-bond donors (Lipinski definition) is 1. The van der Waals surface area contributed by atoms with Gasteiger partial charge >= 0.3 is 0 Å². The predicted molar refractivity (Wildman–Crippen MR) is 105 cm³/mol. The van der Waals surface area contributed by atoms with Crippen molar-refractivity contribution in [2.45, 2.75) is 30.6 Å². The molecule has 0 radical (unpaired) electrons. The molecule has 2 aromatic carbocycles. The van der Waals surface area contributed by atoms with Gasteiger partial charge in [0.25, 0.3) is 15.9 Å². The van der Waals surface area contributed by atoms with E-state index in [2.05, 4.69) is 4.72 Å². The Morgan fingerprint density at radius 3 is 2.30 bits per heavy atom. The Labute approximate surface area is 160 Å². The van der Waals surface area contributed by atoms with Crippen molar-refractivity contribution in [2.24, 2.45) is 0 Å². The molecule has 1 N–H and O–H groups in total. The van der Waals surface area contributed by atoms with Crippen molar-refractivity contribution in [3.63, 3.8) is 0 Å². The number of sulfonamides is 1. The number of hydrogen-bond acceptors (Lipinski definition) is 4. The van der Waals surface area contributed by atoms with Gasteiger partial charge in [0.15, 0.2) is 0 Å². The molecule has 1 amide bonds.